The molecule has 0 saturated heterocycles. The van der Waals surface area contributed by atoms with Crippen molar-refractivity contribution in [3.63, 3.8) is 0 Å². The Bertz CT molecular complexity index is 664. The van der Waals surface area contributed by atoms with E-state index in [0.717, 1.165) is 27.9 Å². The zero-order valence-electron chi connectivity index (χ0n) is 9.41. The minimum atomic E-state index is 0.572. The number of hydrogen-bond donors (Lipinski definition) is 4. The van der Waals surface area contributed by atoms with E-state index in [9.17, 15) is 0 Å². The fourth-order valence-corrected chi connectivity index (χ4v) is 2.06. The molecule has 0 bridgehead atoms. The summed E-state index contributed by atoms with van der Waals surface area (Å²) in [6, 6.07) is 8.14. The maximum Gasteiger partial charge on any atom is 0.215 e. The molecule has 0 aliphatic heterocycles. The molecule has 5 nitrogen and oxygen atoms in total. The van der Waals surface area contributed by atoms with Crippen molar-refractivity contribution in [3.05, 3.63) is 36.2 Å². The number of aromatic amines is 2. The van der Waals surface area contributed by atoms with Gasteiger partial charge in [-0.05, 0) is 13.0 Å². The van der Waals surface area contributed by atoms with Crippen LogP contribution in [0.1, 0.15) is 5.69 Å². The summed E-state index contributed by atoms with van der Waals surface area (Å²) in [4.78, 5) is 10.7. The monoisotopic (exact) mass is 227 g/mol. The van der Waals surface area contributed by atoms with Crippen LogP contribution in [0.3, 0.4) is 0 Å². The molecule has 3 rings (SSSR count). The molecule has 86 valence electrons. The number of benzene rings is 1. The first kappa shape index (κ1) is 9.92. The van der Waals surface area contributed by atoms with E-state index in [4.69, 9.17) is 5.84 Å². The van der Waals surface area contributed by atoms with Gasteiger partial charge < -0.3 is 9.97 Å². The average molecular weight is 227 g/mol. The molecule has 0 atom stereocenters. The highest BCUT2D eigenvalue weighted by Gasteiger charge is 2.12. The van der Waals surface area contributed by atoms with Crippen molar-refractivity contribution in [2.45, 2.75) is 6.92 Å². The summed E-state index contributed by atoms with van der Waals surface area (Å²) in [6.07, 6.45) is 1.97. The van der Waals surface area contributed by atoms with Gasteiger partial charge in [-0.2, -0.15) is 0 Å². The number of nitrogens with two attached hydrogens (primary N) is 1. The highest BCUT2D eigenvalue weighted by atomic mass is 15.3. The number of para-hydroxylation sites is 1. The summed E-state index contributed by atoms with van der Waals surface area (Å²) in [5, 5.41) is 1.16. The third-order valence-electron chi connectivity index (χ3n) is 2.87. The maximum absolute atomic E-state index is 5.35. The summed E-state index contributed by atoms with van der Waals surface area (Å²) >= 11 is 0. The van der Waals surface area contributed by atoms with Gasteiger partial charge in [-0.15, -0.1) is 0 Å². The molecule has 0 unspecified atom stereocenters. The number of aromatic nitrogens is 3. The molecule has 2 aromatic heterocycles. The van der Waals surface area contributed by atoms with Crippen LogP contribution in [0.15, 0.2) is 30.5 Å². The minimum absolute atomic E-state index is 0.572. The van der Waals surface area contributed by atoms with Gasteiger partial charge in [-0.3, -0.25) is 5.43 Å². The Balaban J connectivity index is 2.23. The average Bonchev–Trinajstić information content (AvgIpc) is 2.92. The van der Waals surface area contributed by atoms with Crippen molar-refractivity contribution in [3.8, 4) is 11.3 Å². The van der Waals surface area contributed by atoms with E-state index in [0.29, 0.717) is 5.95 Å². The second-order valence-corrected chi connectivity index (χ2v) is 3.95. The van der Waals surface area contributed by atoms with Gasteiger partial charge in [0.15, 0.2) is 0 Å². The summed E-state index contributed by atoms with van der Waals surface area (Å²) in [7, 11) is 0. The van der Waals surface area contributed by atoms with Crippen molar-refractivity contribution >= 4 is 16.9 Å². The predicted molar refractivity (Wildman–Crippen MR) is 68.4 cm³/mol. The predicted octanol–water partition coefficient (Wildman–Crippen LogP) is 2.15. The third-order valence-corrected chi connectivity index (χ3v) is 2.87. The standard InChI is InChI=1S/C12H13N5/c1-7-11(16-12(15-7)17-13)9-6-14-10-5-3-2-4-8(9)10/h2-6,14H,13H2,1H3,(H2,15,16,17). The second kappa shape index (κ2) is 3.64. The normalized spacial score (nSPS) is 10.9. The number of anilines is 1. The number of imidazole rings is 1. The molecule has 5 heteroatoms. The number of H-pyrrole nitrogens is 2. The van der Waals surface area contributed by atoms with Crippen LogP contribution in [0.25, 0.3) is 22.2 Å². The highest BCUT2D eigenvalue weighted by Crippen LogP contribution is 2.29. The molecular weight excluding hydrogens is 214 g/mol. The van der Waals surface area contributed by atoms with E-state index in [1.165, 1.54) is 0 Å². The Labute approximate surface area is 98.0 Å². The second-order valence-electron chi connectivity index (χ2n) is 3.95. The van der Waals surface area contributed by atoms with Crippen molar-refractivity contribution in [1.82, 2.24) is 15.0 Å². The number of rotatable bonds is 2. The fourth-order valence-electron chi connectivity index (χ4n) is 2.06. The number of hydrogen-bond acceptors (Lipinski definition) is 3. The van der Waals surface area contributed by atoms with Gasteiger partial charge in [0, 0.05) is 28.4 Å². The van der Waals surface area contributed by atoms with Crippen LogP contribution in [-0.2, 0) is 0 Å². The number of nitrogen functional groups attached to an aromatic ring is 1. The maximum atomic E-state index is 5.35. The lowest BCUT2D eigenvalue weighted by Crippen LogP contribution is -2.07. The van der Waals surface area contributed by atoms with Crippen LogP contribution in [0, 0.1) is 6.92 Å². The molecule has 3 aromatic rings. The van der Waals surface area contributed by atoms with E-state index in [-0.39, 0.29) is 0 Å². The van der Waals surface area contributed by atoms with Crippen LogP contribution in [0.4, 0.5) is 5.95 Å². The number of nitrogens with one attached hydrogen (secondary N) is 3. The van der Waals surface area contributed by atoms with Crippen LogP contribution in [0.5, 0.6) is 0 Å². The van der Waals surface area contributed by atoms with Crippen LogP contribution < -0.4 is 11.3 Å². The lowest BCUT2D eigenvalue weighted by atomic mass is 10.1. The zero-order chi connectivity index (χ0) is 11.8. The van der Waals surface area contributed by atoms with Gasteiger partial charge in [0.05, 0.1) is 5.69 Å². The molecule has 0 aliphatic carbocycles. The van der Waals surface area contributed by atoms with Gasteiger partial charge in [-0.25, -0.2) is 10.8 Å². The van der Waals surface area contributed by atoms with E-state index in [1.54, 1.807) is 0 Å². The quantitative estimate of drug-likeness (QED) is 0.400. The fraction of sp³-hybridized carbons (Fsp3) is 0.0833. The van der Waals surface area contributed by atoms with Gasteiger partial charge in [-0.1, -0.05) is 18.2 Å². The van der Waals surface area contributed by atoms with Crippen LogP contribution in [0.2, 0.25) is 0 Å². The van der Waals surface area contributed by atoms with Crippen LogP contribution >= 0.6 is 0 Å². The molecule has 17 heavy (non-hydrogen) atoms. The Morgan fingerprint density at radius 2 is 2.12 bits per heavy atom. The van der Waals surface area contributed by atoms with Crippen LogP contribution in [-0.4, -0.2) is 15.0 Å². The third kappa shape index (κ3) is 1.48. The summed E-state index contributed by atoms with van der Waals surface area (Å²) < 4.78 is 0. The molecule has 0 radical (unpaired) electrons. The zero-order valence-corrected chi connectivity index (χ0v) is 9.41. The van der Waals surface area contributed by atoms with E-state index in [1.807, 2.05) is 31.3 Å². The molecule has 0 saturated carbocycles. The first-order chi connectivity index (χ1) is 8.29. The lowest BCUT2D eigenvalue weighted by Gasteiger charge is -1.95. The number of aryl methyl sites for hydroxylation is 1. The first-order valence-corrected chi connectivity index (χ1v) is 5.39. The first-order valence-electron chi connectivity index (χ1n) is 5.39. The molecule has 0 amide bonds. The smallest absolute Gasteiger partial charge is 0.215 e. The van der Waals surface area contributed by atoms with E-state index >= 15 is 0 Å². The van der Waals surface area contributed by atoms with E-state index in [2.05, 4.69) is 26.4 Å². The largest absolute Gasteiger partial charge is 0.360 e. The SMILES string of the molecule is Cc1[nH]c(NN)nc1-c1c[nH]c2ccccc12. The van der Waals surface area contributed by atoms with E-state index < -0.39 is 0 Å². The highest BCUT2D eigenvalue weighted by molar-refractivity contribution is 5.95. The molecule has 1 aromatic carbocycles. The van der Waals surface area contributed by atoms with Crippen molar-refractivity contribution in [2.24, 2.45) is 5.84 Å². The Morgan fingerprint density at radius 3 is 2.88 bits per heavy atom. The number of hydrazine groups is 1. The van der Waals surface area contributed by atoms with Gasteiger partial charge in [0.2, 0.25) is 5.95 Å². The number of fused-ring (bicyclic) bond motifs is 1. The Hall–Kier alpha value is -2.27. The minimum Gasteiger partial charge on any atom is -0.360 e. The van der Waals surface area contributed by atoms with Crippen molar-refractivity contribution in [1.29, 1.82) is 0 Å². The molecular formula is C12H13N5. The van der Waals surface area contributed by atoms with Crippen molar-refractivity contribution in [2.75, 3.05) is 5.43 Å². The molecule has 5 N–H and O–H groups in total. The van der Waals surface area contributed by atoms with Gasteiger partial charge >= 0.3 is 0 Å². The number of nitrogens with zero attached hydrogens (tertiary/aromatic N) is 1. The summed E-state index contributed by atoms with van der Waals surface area (Å²) in [5.74, 6) is 5.92. The van der Waals surface area contributed by atoms with Gasteiger partial charge in [0.25, 0.3) is 0 Å². The topological polar surface area (TPSA) is 82.5 Å². The molecule has 0 spiro atoms. The Kier molecular flexibility index (Phi) is 2.12. The summed E-state index contributed by atoms with van der Waals surface area (Å²) in [6.45, 7) is 1.98. The van der Waals surface area contributed by atoms with Gasteiger partial charge in [0.1, 0.15) is 0 Å². The lowest BCUT2D eigenvalue weighted by molar-refractivity contribution is 1.18. The Morgan fingerprint density at radius 1 is 1.29 bits per heavy atom. The summed E-state index contributed by atoms with van der Waals surface area (Å²) in [5.41, 5.74) is 6.61. The molecule has 0 aliphatic rings. The molecule has 2 heterocycles. The molecule has 0 fully saturated rings. The van der Waals surface area contributed by atoms with Crippen molar-refractivity contribution < 1.29 is 0 Å².